The highest BCUT2D eigenvalue weighted by molar-refractivity contribution is 5.91. The molecule has 0 aromatic heterocycles. The lowest BCUT2D eigenvalue weighted by Gasteiger charge is -2.15. The molecule has 2 rings (SSSR count). The van der Waals surface area contributed by atoms with Gasteiger partial charge in [-0.1, -0.05) is 48.0 Å². The predicted molar refractivity (Wildman–Crippen MR) is 82.7 cm³/mol. The van der Waals surface area contributed by atoms with Crippen molar-refractivity contribution >= 4 is 11.6 Å². The van der Waals surface area contributed by atoms with Crippen LogP contribution in [0.2, 0.25) is 0 Å². The van der Waals surface area contributed by atoms with E-state index in [2.05, 4.69) is 11.4 Å². The van der Waals surface area contributed by atoms with Crippen molar-refractivity contribution < 1.29 is 4.79 Å². The highest BCUT2D eigenvalue weighted by Crippen LogP contribution is 2.20. The van der Waals surface area contributed by atoms with Crippen LogP contribution >= 0.6 is 0 Å². The molecule has 0 saturated carbocycles. The summed E-state index contributed by atoms with van der Waals surface area (Å²) >= 11 is 0. The topological polar surface area (TPSA) is 55.1 Å². The van der Waals surface area contributed by atoms with Crippen molar-refractivity contribution in [3.63, 3.8) is 0 Å². The van der Waals surface area contributed by atoms with E-state index in [0.717, 1.165) is 11.3 Å². The number of hydrogen-bond acceptors (Lipinski definition) is 2. The Morgan fingerprint density at radius 2 is 1.90 bits per heavy atom. The highest BCUT2D eigenvalue weighted by Gasteiger charge is 2.14. The Balaban J connectivity index is 2.01. The molecule has 104 valence electrons. The molecule has 0 heterocycles. The molecule has 0 aliphatic carbocycles. The Morgan fingerprint density at radius 1 is 1.15 bits per heavy atom. The van der Waals surface area contributed by atoms with Crippen molar-refractivity contribution in [2.24, 2.45) is 5.73 Å². The van der Waals surface area contributed by atoms with E-state index in [1.54, 1.807) is 0 Å². The van der Waals surface area contributed by atoms with Gasteiger partial charge in [0.1, 0.15) is 0 Å². The first-order valence-electron chi connectivity index (χ1n) is 6.80. The molecule has 3 N–H and O–H groups in total. The minimum atomic E-state index is -0.00634. The van der Waals surface area contributed by atoms with E-state index in [0.29, 0.717) is 13.0 Å². The summed E-state index contributed by atoms with van der Waals surface area (Å²) in [7, 11) is 0. The van der Waals surface area contributed by atoms with Crippen LogP contribution in [0.25, 0.3) is 0 Å². The molecule has 0 aliphatic rings. The second-order valence-corrected chi connectivity index (χ2v) is 4.97. The smallest absolute Gasteiger partial charge is 0.225 e. The lowest BCUT2D eigenvalue weighted by molar-refractivity contribution is -0.116. The van der Waals surface area contributed by atoms with Crippen molar-refractivity contribution in [2.45, 2.75) is 19.3 Å². The van der Waals surface area contributed by atoms with Crippen LogP contribution in [0.4, 0.5) is 5.69 Å². The fourth-order valence-corrected chi connectivity index (χ4v) is 2.22. The van der Waals surface area contributed by atoms with Crippen LogP contribution in [0, 0.1) is 6.92 Å². The van der Waals surface area contributed by atoms with E-state index in [9.17, 15) is 4.79 Å². The second kappa shape index (κ2) is 6.87. The van der Waals surface area contributed by atoms with Crippen LogP contribution in [-0.2, 0) is 4.79 Å². The van der Waals surface area contributed by atoms with Crippen molar-refractivity contribution in [3.05, 3.63) is 65.7 Å². The van der Waals surface area contributed by atoms with Gasteiger partial charge < -0.3 is 11.1 Å². The third-order valence-electron chi connectivity index (χ3n) is 3.29. The summed E-state index contributed by atoms with van der Waals surface area (Å²) in [6, 6.07) is 17.6. The SMILES string of the molecule is Cc1cccc(C(CN)CC(=O)Nc2ccccc2)c1. The molecular weight excluding hydrogens is 248 g/mol. The lowest BCUT2D eigenvalue weighted by atomic mass is 9.94. The predicted octanol–water partition coefficient (Wildman–Crippen LogP) is 3.07. The van der Waals surface area contributed by atoms with E-state index < -0.39 is 0 Å². The number of amides is 1. The van der Waals surface area contributed by atoms with E-state index in [1.807, 2.05) is 55.5 Å². The maximum absolute atomic E-state index is 12.1. The summed E-state index contributed by atoms with van der Waals surface area (Å²) in [5, 5.41) is 2.90. The van der Waals surface area contributed by atoms with Crippen LogP contribution < -0.4 is 11.1 Å². The van der Waals surface area contributed by atoms with E-state index in [-0.39, 0.29) is 11.8 Å². The Bertz CT molecular complexity index is 566. The molecular formula is C17H20N2O. The zero-order valence-corrected chi connectivity index (χ0v) is 11.7. The van der Waals surface area contributed by atoms with Crippen LogP contribution in [0.3, 0.4) is 0 Å². The average Bonchev–Trinajstić information content (AvgIpc) is 2.46. The number of benzene rings is 2. The minimum absolute atomic E-state index is 0.00634. The van der Waals surface area contributed by atoms with Crippen molar-refractivity contribution in [3.8, 4) is 0 Å². The Morgan fingerprint density at radius 3 is 2.55 bits per heavy atom. The Labute approximate surface area is 119 Å². The molecule has 2 aromatic carbocycles. The van der Waals surface area contributed by atoms with Gasteiger partial charge in [-0.2, -0.15) is 0 Å². The van der Waals surface area contributed by atoms with Crippen molar-refractivity contribution in [2.75, 3.05) is 11.9 Å². The molecule has 2 aromatic rings. The van der Waals surface area contributed by atoms with Crippen LogP contribution in [-0.4, -0.2) is 12.5 Å². The molecule has 1 amide bonds. The summed E-state index contributed by atoms with van der Waals surface area (Å²) < 4.78 is 0. The molecule has 0 aliphatic heterocycles. The fraction of sp³-hybridized carbons (Fsp3) is 0.235. The molecule has 1 unspecified atom stereocenters. The summed E-state index contributed by atoms with van der Waals surface area (Å²) in [6.45, 7) is 2.51. The minimum Gasteiger partial charge on any atom is -0.330 e. The molecule has 3 nitrogen and oxygen atoms in total. The average molecular weight is 268 g/mol. The number of hydrogen-bond donors (Lipinski definition) is 2. The third-order valence-corrected chi connectivity index (χ3v) is 3.29. The van der Waals surface area contributed by atoms with Gasteiger partial charge in [-0.05, 0) is 31.2 Å². The first-order valence-corrected chi connectivity index (χ1v) is 6.80. The van der Waals surface area contributed by atoms with Gasteiger partial charge in [0, 0.05) is 18.0 Å². The first-order chi connectivity index (χ1) is 9.69. The number of rotatable bonds is 5. The van der Waals surface area contributed by atoms with Crippen LogP contribution in [0.15, 0.2) is 54.6 Å². The molecule has 20 heavy (non-hydrogen) atoms. The van der Waals surface area contributed by atoms with Gasteiger partial charge in [-0.25, -0.2) is 0 Å². The maximum atomic E-state index is 12.1. The zero-order valence-electron chi connectivity index (χ0n) is 11.7. The molecule has 0 fully saturated rings. The normalized spacial score (nSPS) is 11.9. The lowest BCUT2D eigenvalue weighted by Crippen LogP contribution is -2.21. The second-order valence-electron chi connectivity index (χ2n) is 4.97. The highest BCUT2D eigenvalue weighted by atomic mass is 16.1. The third kappa shape index (κ3) is 3.93. The fourth-order valence-electron chi connectivity index (χ4n) is 2.22. The number of carbonyl (C=O) groups excluding carboxylic acids is 1. The maximum Gasteiger partial charge on any atom is 0.225 e. The number of nitrogens with two attached hydrogens (primary N) is 1. The zero-order chi connectivity index (χ0) is 14.4. The van der Waals surface area contributed by atoms with E-state index >= 15 is 0 Å². The van der Waals surface area contributed by atoms with Crippen molar-refractivity contribution in [1.29, 1.82) is 0 Å². The standard InChI is InChI=1S/C17H20N2O/c1-13-6-5-7-14(10-13)15(12-18)11-17(20)19-16-8-3-2-4-9-16/h2-10,15H,11-12,18H2,1H3,(H,19,20). The molecule has 0 bridgehead atoms. The van der Waals surface area contributed by atoms with Gasteiger partial charge in [0.05, 0.1) is 0 Å². The first kappa shape index (κ1) is 14.3. The molecule has 0 spiro atoms. The molecule has 3 heteroatoms. The summed E-state index contributed by atoms with van der Waals surface area (Å²) in [5.41, 5.74) is 8.94. The van der Waals surface area contributed by atoms with Crippen molar-refractivity contribution in [1.82, 2.24) is 0 Å². The number of nitrogens with one attached hydrogen (secondary N) is 1. The number of carbonyl (C=O) groups is 1. The van der Waals surface area contributed by atoms with Crippen LogP contribution in [0.5, 0.6) is 0 Å². The number of anilines is 1. The van der Waals surface area contributed by atoms with Gasteiger partial charge in [0.15, 0.2) is 0 Å². The summed E-state index contributed by atoms with van der Waals surface area (Å²) in [4.78, 5) is 12.1. The van der Waals surface area contributed by atoms with Gasteiger partial charge in [0.25, 0.3) is 0 Å². The van der Waals surface area contributed by atoms with Gasteiger partial charge in [-0.3, -0.25) is 4.79 Å². The van der Waals surface area contributed by atoms with Gasteiger partial charge in [0.2, 0.25) is 5.91 Å². The van der Waals surface area contributed by atoms with E-state index in [1.165, 1.54) is 5.56 Å². The quantitative estimate of drug-likeness (QED) is 0.875. The summed E-state index contributed by atoms with van der Waals surface area (Å²) in [6.07, 6.45) is 0.398. The number of aryl methyl sites for hydroxylation is 1. The molecule has 1 atom stereocenters. The van der Waals surface area contributed by atoms with Gasteiger partial charge >= 0.3 is 0 Å². The van der Waals surface area contributed by atoms with E-state index in [4.69, 9.17) is 5.73 Å². The molecule has 0 radical (unpaired) electrons. The monoisotopic (exact) mass is 268 g/mol. The number of para-hydroxylation sites is 1. The molecule has 0 saturated heterocycles. The summed E-state index contributed by atoms with van der Waals surface area (Å²) in [5.74, 6) is 0.0479. The Kier molecular flexibility index (Phi) is 4.91. The van der Waals surface area contributed by atoms with Gasteiger partial charge in [-0.15, -0.1) is 0 Å². The Hall–Kier alpha value is -2.13. The largest absolute Gasteiger partial charge is 0.330 e. The van der Waals surface area contributed by atoms with Crippen LogP contribution in [0.1, 0.15) is 23.5 Å².